The van der Waals surface area contributed by atoms with E-state index in [1.54, 1.807) is 54.4 Å². The Morgan fingerprint density at radius 1 is 1.09 bits per heavy atom. The molecule has 3 heterocycles. The average molecular weight is 459 g/mol. The standard InChI is InChI=1S/C25H26N6O3/c1-15-20(16(2)27-23-22(15)25(34-4)30-31(23)3)10-11-21(32)28-18-8-5-9-19(13-18)29-24(33)17-7-6-12-26-14-17/h5-9,12-14H,10-11H2,1-4H3,(H,28,32)(H,29,33). The minimum atomic E-state index is -0.267. The van der Waals surface area contributed by atoms with Crippen molar-refractivity contribution in [2.45, 2.75) is 26.7 Å². The summed E-state index contributed by atoms with van der Waals surface area (Å²) in [6.45, 7) is 3.94. The first-order chi connectivity index (χ1) is 16.4. The predicted octanol–water partition coefficient (Wildman–Crippen LogP) is 3.81. The molecule has 0 fully saturated rings. The van der Waals surface area contributed by atoms with Crippen molar-refractivity contribution in [3.05, 3.63) is 71.2 Å². The fourth-order valence-electron chi connectivity index (χ4n) is 3.94. The highest BCUT2D eigenvalue weighted by Gasteiger charge is 2.18. The van der Waals surface area contributed by atoms with E-state index < -0.39 is 0 Å². The summed E-state index contributed by atoms with van der Waals surface area (Å²) < 4.78 is 7.11. The number of amides is 2. The van der Waals surface area contributed by atoms with Gasteiger partial charge in [0, 0.05) is 42.9 Å². The summed E-state index contributed by atoms with van der Waals surface area (Å²) in [5, 5.41) is 11.0. The number of anilines is 2. The molecule has 0 aliphatic carbocycles. The number of fused-ring (bicyclic) bond motifs is 1. The highest BCUT2D eigenvalue weighted by molar-refractivity contribution is 6.04. The monoisotopic (exact) mass is 458 g/mol. The third-order valence-electron chi connectivity index (χ3n) is 5.65. The van der Waals surface area contributed by atoms with Gasteiger partial charge in [0.1, 0.15) is 0 Å². The van der Waals surface area contributed by atoms with Crippen LogP contribution in [0.3, 0.4) is 0 Å². The van der Waals surface area contributed by atoms with Gasteiger partial charge in [-0.2, -0.15) is 0 Å². The Kier molecular flexibility index (Phi) is 6.53. The molecule has 0 aliphatic heterocycles. The molecule has 0 bridgehead atoms. The fraction of sp³-hybridized carbons (Fsp3) is 0.240. The third kappa shape index (κ3) is 4.73. The lowest BCUT2D eigenvalue weighted by Gasteiger charge is -2.12. The Morgan fingerprint density at radius 3 is 2.56 bits per heavy atom. The number of nitrogens with one attached hydrogen (secondary N) is 2. The van der Waals surface area contributed by atoms with Crippen LogP contribution in [0.15, 0.2) is 48.8 Å². The molecule has 0 aliphatic rings. The van der Waals surface area contributed by atoms with Crippen molar-refractivity contribution in [1.82, 2.24) is 19.7 Å². The van der Waals surface area contributed by atoms with Crippen LogP contribution in [-0.2, 0) is 18.3 Å². The second-order valence-electron chi connectivity index (χ2n) is 7.96. The number of carbonyl (C=O) groups excluding carboxylic acids is 2. The van der Waals surface area contributed by atoms with Gasteiger partial charge in [-0.05, 0) is 61.7 Å². The molecule has 0 radical (unpaired) electrons. The van der Waals surface area contributed by atoms with Gasteiger partial charge < -0.3 is 15.4 Å². The molecule has 0 saturated carbocycles. The van der Waals surface area contributed by atoms with Crippen molar-refractivity contribution in [3.63, 3.8) is 0 Å². The number of ether oxygens (including phenoxy) is 1. The number of pyridine rings is 2. The number of methoxy groups -OCH3 is 1. The summed E-state index contributed by atoms with van der Waals surface area (Å²) in [6.07, 6.45) is 3.92. The van der Waals surface area contributed by atoms with Crippen molar-refractivity contribution in [2.75, 3.05) is 17.7 Å². The summed E-state index contributed by atoms with van der Waals surface area (Å²) in [6, 6.07) is 10.4. The average Bonchev–Trinajstić information content (AvgIpc) is 3.15. The second-order valence-corrected chi connectivity index (χ2v) is 7.96. The van der Waals surface area contributed by atoms with Crippen LogP contribution in [0.2, 0.25) is 0 Å². The molecule has 34 heavy (non-hydrogen) atoms. The zero-order valence-electron chi connectivity index (χ0n) is 19.5. The van der Waals surface area contributed by atoms with Crippen molar-refractivity contribution >= 4 is 34.2 Å². The van der Waals surface area contributed by atoms with Crippen molar-refractivity contribution < 1.29 is 14.3 Å². The molecule has 0 spiro atoms. The largest absolute Gasteiger partial charge is 0.479 e. The smallest absolute Gasteiger partial charge is 0.257 e. The molecule has 174 valence electrons. The molecule has 3 aromatic heterocycles. The second kappa shape index (κ2) is 9.70. The number of aryl methyl sites for hydroxylation is 3. The number of rotatable bonds is 7. The van der Waals surface area contributed by atoms with Gasteiger partial charge in [0.2, 0.25) is 11.8 Å². The Bertz CT molecular complexity index is 1360. The van der Waals surface area contributed by atoms with E-state index in [2.05, 4.69) is 25.7 Å². The number of aromatic nitrogens is 4. The SMILES string of the molecule is COc1nn(C)c2nc(C)c(CCC(=O)Nc3cccc(NC(=O)c4cccnc4)c3)c(C)c12. The van der Waals surface area contributed by atoms with Crippen LogP contribution in [0, 0.1) is 13.8 Å². The lowest BCUT2D eigenvalue weighted by molar-refractivity contribution is -0.116. The molecule has 9 nitrogen and oxygen atoms in total. The molecule has 0 unspecified atom stereocenters. The summed E-state index contributed by atoms with van der Waals surface area (Å²) in [7, 11) is 3.42. The number of hydrogen-bond donors (Lipinski definition) is 2. The van der Waals surface area contributed by atoms with Gasteiger partial charge in [-0.3, -0.25) is 14.6 Å². The first kappa shape index (κ1) is 22.9. The lowest BCUT2D eigenvalue weighted by atomic mass is 10.00. The van der Waals surface area contributed by atoms with Crippen LogP contribution in [0.25, 0.3) is 11.0 Å². The minimum absolute atomic E-state index is 0.132. The van der Waals surface area contributed by atoms with E-state index in [9.17, 15) is 9.59 Å². The zero-order valence-corrected chi connectivity index (χ0v) is 19.5. The Morgan fingerprint density at radius 2 is 1.85 bits per heavy atom. The first-order valence-electron chi connectivity index (χ1n) is 10.9. The van der Waals surface area contributed by atoms with E-state index in [1.165, 1.54) is 6.20 Å². The maximum absolute atomic E-state index is 12.7. The van der Waals surface area contributed by atoms with Gasteiger partial charge in [-0.15, -0.1) is 5.10 Å². The maximum Gasteiger partial charge on any atom is 0.257 e. The van der Waals surface area contributed by atoms with Crippen LogP contribution < -0.4 is 15.4 Å². The van der Waals surface area contributed by atoms with Crippen molar-refractivity contribution in [1.29, 1.82) is 0 Å². The fourth-order valence-corrected chi connectivity index (χ4v) is 3.94. The number of hydrogen-bond acceptors (Lipinski definition) is 6. The van der Waals surface area contributed by atoms with E-state index in [0.717, 1.165) is 27.9 Å². The predicted molar refractivity (Wildman–Crippen MR) is 130 cm³/mol. The zero-order chi connectivity index (χ0) is 24.2. The molecule has 9 heteroatoms. The first-order valence-corrected chi connectivity index (χ1v) is 10.9. The Labute approximate surface area is 197 Å². The van der Waals surface area contributed by atoms with Gasteiger partial charge in [0.25, 0.3) is 5.91 Å². The van der Waals surface area contributed by atoms with E-state index >= 15 is 0 Å². The van der Waals surface area contributed by atoms with Crippen LogP contribution in [-0.4, -0.2) is 38.7 Å². The number of nitrogens with zero attached hydrogens (tertiary/aromatic N) is 4. The van der Waals surface area contributed by atoms with Gasteiger partial charge in [0.15, 0.2) is 5.65 Å². The lowest BCUT2D eigenvalue weighted by Crippen LogP contribution is -2.15. The highest BCUT2D eigenvalue weighted by atomic mass is 16.5. The molecule has 4 rings (SSSR count). The Hall–Kier alpha value is -4.27. The highest BCUT2D eigenvalue weighted by Crippen LogP contribution is 2.30. The Balaban J connectivity index is 1.43. The van der Waals surface area contributed by atoms with E-state index in [0.29, 0.717) is 29.2 Å². The molecule has 0 atom stereocenters. The summed E-state index contributed by atoms with van der Waals surface area (Å²) in [4.78, 5) is 33.7. The van der Waals surface area contributed by atoms with Crippen LogP contribution in [0.5, 0.6) is 5.88 Å². The topological polar surface area (TPSA) is 111 Å². The minimum Gasteiger partial charge on any atom is -0.479 e. The molecule has 4 aromatic rings. The third-order valence-corrected chi connectivity index (χ3v) is 5.65. The van der Waals surface area contributed by atoms with Crippen molar-refractivity contribution in [2.24, 2.45) is 7.05 Å². The van der Waals surface area contributed by atoms with Crippen molar-refractivity contribution in [3.8, 4) is 5.88 Å². The quantitative estimate of drug-likeness (QED) is 0.436. The summed E-state index contributed by atoms with van der Waals surface area (Å²) >= 11 is 0. The molecule has 1 aromatic carbocycles. The maximum atomic E-state index is 12.7. The molecule has 0 saturated heterocycles. The van der Waals surface area contributed by atoms with Gasteiger partial charge >= 0.3 is 0 Å². The van der Waals surface area contributed by atoms with Gasteiger partial charge in [-0.25, -0.2) is 9.67 Å². The normalized spacial score (nSPS) is 10.8. The van der Waals surface area contributed by atoms with Gasteiger partial charge in [0.05, 0.1) is 18.1 Å². The van der Waals surface area contributed by atoms with Crippen LogP contribution in [0.1, 0.15) is 33.6 Å². The molecule has 2 N–H and O–H groups in total. The van der Waals surface area contributed by atoms with Gasteiger partial charge in [-0.1, -0.05) is 6.07 Å². The summed E-state index contributed by atoms with van der Waals surface area (Å²) in [5.74, 6) is 0.127. The van der Waals surface area contributed by atoms with E-state index in [1.807, 2.05) is 20.9 Å². The molecule has 2 amide bonds. The van der Waals surface area contributed by atoms with E-state index in [-0.39, 0.29) is 18.2 Å². The van der Waals surface area contributed by atoms with Crippen LogP contribution in [0.4, 0.5) is 11.4 Å². The molecular formula is C25H26N6O3. The molecular weight excluding hydrogens is 432 g/mol. The van der Waals surface area contributed by atoms with Crippen LogP contribution >= 0.6 is 0 Å². The summed E-state index contributed by atoms with van der Waals surface area (Å²) in [5.41, 5.74) is 5.28. The van der Waals surface area contributed by atoms with E-state index in [4.69, 9.17) is 4.74 Å². The number of carbonyl (C=O) groups is 2. The number of benzene rings is 1.